The fraction of sp³-hybridized carbons (Fsp3) is 0.182. The van der Waals surface area contributed by atoms with Crippen molar-refractivity contribution in [3.05, 3.63) is 46.0 Å². The molecule has 15 heavy (non-hydrogen) atoms. The Morgan fingerprint density at radius 3 is 2.80 bits per heavy atom. The van der Waals surface area contributed by atoms with Gasteiger partial charge in [-0.25, -0.2) is 4.39 Å². The standard InChI is InChI=1S/C11H9BrFNO/c1-14-10-3-2-8(13)5-9(10)7(6-12)4-11(14)15/h2-5H,6H2,1H3. The van der Waals surface area contributed by atoms with Crippen LogP contribution >= 0.6 is 15.9 Å². The Morgan fingerprint density at radius 1 is 1.40 bits per heavy atom. The van der Waals surface area contributed by atoms with E-state index in [1.165, 1.54) is 22.8 Å². The van der Waals surface area contributed by atoms with Gasteiger partial charge in [0.05, 0.1) is 5.52 Å². The number of fused-ring (bicyclic) bond motifs is 1. The topological polar surface area (TPSA) is 22.0 Å². The van der Waals surface area contributed by atoms with E-state index in [-0.39, 0.29) is 11.4 Å². The number of pyridine rings is 1. The molecule has 1 aromatic carbocycles. The van der Waals surface area contributed by atoms with Crippen LogP contribution in [0.2, 0.25) is 0 Å². The number of aryl methyl sites for hydroxylation is 1. The van der Waals surface area contributed by atoms with Gasteiger partial charge in [0.25, 0.3) is 5.56 Å². The molecule has 0 aliphatic heterocycles. The summed E-state index contributed by atoms with van der Waals surface area (Å²) in [6.45, 7) is 0. The maximum atomic E-state index is 13.1. The van der Waals surface area contributed by atoms with Crippen LogP contribution in [0.4, 0.5) is 4.39 Å². The van der Waals surface area contributed by atoms with Crippen molar-refractivity contribution < 1.29 is 4.39 Å². The Balaban J connectivity index is 2.96. The van der Waals surface area contributed by atoms with Crippen LogP contribution in [-0.4, -0.2) is 4.57 Å². The van der Waals surface area contributed by atoms with Gasteiger partial charge in [0.15, 0.2) is 0 Å². The molecule has 0 fully saturated rings. The zero-order valence-corrected chi connectivity index (χ0v) is 9.71. The van der Waals surface area contributed by atoms with E-state index in [1.54, 1.807) is 13.1 Å². The minimum Gasteiger partial charge on any atom is -0.311 e. The van der Waals surface area contributed by atoms with Crippen LogP contribution in [0.25, 0.3) is 10.9 Å². The number of nitrogens with zero attached hydrogens (tertiary/aromatic N) is 1. The van der Waals surface area contributed by atoms with Crippen molar-refractivity contribution in [3.8, 4) is 0 Å². The normalized spacial score (nSPS) is 10.9. The third-order valence-electron chi connectivity index (χ3n) is 2.44. The van der Waals surface area contributed by atoms with Crippen molar-refractivity contribution in [2.45, 2.75) is 5.33 Å². The molecule has 0 unspecified atom stereocenters. The van der Waals surface area contributed by atoms with Crippen molar-refractivity contribution in [1.29, 1.82) is 0 Å². The van der Waals surface area contributed by atoms with E-state index in [2.05, 4.69) is 15.9 Å². The zero-order valence-electron chi connectivity index (χ0n) is 8.13. The van der Waals surface area contributed by atoms with Gasteiger partial charge in [0.2, 0.25) is 0 Å². The first-order valence-corrected chi connectivity index (χ1v) is 5.60. The second-order valence-corrected chi connectivity index (χ2v) is 3.92. The molecule has 0 aliphatic rings. The van der Waals surface area contributed by atoms with Crippen LogP contribution in [0.5, 0.6) is 0 Å². The first-order valence-electron chi connectivity index (χ1n) is 4.47. The molecule has 0 bridgehead atoms. The van der Waals surface area contributed by atoms with Gasteiger partial charge in [0.1, 0.15) is 5.82 Å². The Morgan fingerprint density at radius 2 is 2.13 bits per heavy atom. The number of hydrogen-bond acceptors (Lipinski definition) is 1. The van der Waals surface area contributed by atoms with Gasteiger partial charge in [-0.15, -0.1) is 0 Å². The summed E-state index contributed by atoms with van der Waals surface area (Å²) < 4.78 is 14.6. The van der Waals surface area contributed by atoms with E-state index in [9.17, 15) is 9.18 Å². The lowest BCUT2D eigenvalue weighted by Gasteiger charge is -2.08. The molecule has 0 amide bonds. The van der Waals surface area contributed by atoms with Crippen molar-refractivity contribution in [1.82, 2.24) is 4.57 Å². The summed E-state index contributed by atoms with van der Waals surface area (Å²) in [6, 6.07) is 5.96. The molecule has 4 heteroatoms. The highest BCUT2D eigenvalue weighted by molar-refractivity contribution is 9.08. The Labute approximate surface area is 94.5 Å². The molecule has 0 saturated carbocycles. The summed E-state index contributed by atoms with van der Waals surface area (Å²) >= 11 is 3.29. The smallest absolute Gasteiger partial charge is 0.251 e. The van der Waals surface area contributed by atoms with E-state index < -0.39 is 0 Å². The maximum absolute atomic E-state index is 13.1. The predicted octanol–water partition coefficient (Wildman–Crippen LogP) is 2.57. The molecular formula is C11H9BrFNO. The van der Waals surface area contributed by atoms with Gasteiger partial charge in [-0.05, 0) is 23.8 Å². The Hall–Kier alpha value is -1.16. The van der Waals surface area contributed by atoms with Gasteiger partial charge in [0, 0.05) is 23.8 Å². The third-order valence-corrected chi connectivity index (χ3v) is 3.04. The third kappa shape index (κ3) is 1.69. The second-order valence-electron chi connectivity index (χ2n) is 3.36. The number of benzene rings is 1. The fourth-order valence-corrected chi connectivity index (χ4v) is 2.07. The number of hydrogen-bond donors (Lipinski definition) is 0. The van der Waals surface area contributed by atoms with Crippen molar-refractivity contribution in [2.24, 2.45) is 7.05 Å². The quantitative estimate of drug-likeness (QED) is 0.730. The van der Waals surface area contributed by atoms with Gasteiger partial charge in [-0.1, -0.05) is 15.9 Å². The fourth-order valence-electron chi connectivity index (χ4n) is 1.61. The average molecular weight is 270 g/mol. The van der Waals surface area contributed by atoms with Gasteiger partial charge >= 0.3 is 0 Å². The summed E-state index contributed by atoms with van der Waals surface area (Å²) in [5.74, 6) is -0.289. The SMILES string of the molecule is Cn1c(=O)cc(CBr)c2cc(F)ccc21. The molecule has 0 saturated heterocycles. The summed E-state index contributed by atoms with van der Waals surface area (Å²) in [4.78, 5) is 11.5. The van der Waals surface area contributed by atoms with Crippen LogP contribution in [0.1, 0.15) is 5.56 Å². The molecule has 0 spiro atoms. The Bertz CT molecular complexity index is 577. The summed E-state index contributed by atoms with van der Waals surface area (Å²) in [6.07, 6.45) is 0. The monoisotopic (exact) mass is 269 g/mol. The first-order chi connectivity index (χ1) is 7.13. The van der Waals surface area contributed by atoms with Gasteiger partial charge in [-0.3, -0.25) is 4.79 Å². The van der Waals surface area contributed by atoms with E-state index >= 15 is 0 Å². The first kappa shape index (κ1) is 10.4. The van der Waals surface area contributed by atoms with Crippen LogP contribution in [0.3, 0.4) is 0 Å². The summed E-state index contributed by atoms with van der Waals surface area (Å²) in [5, 5.41) is 1.32. The number of halogens is 2. The maximum Gasteiger partial charge on any atom is 0.251 e. The molecule has 0 N–H and O–H groups in total. The molecule has 2 rings (SSSR count). The van der Waals surface area contributed by atoms with Crippen LogP contribution in [0, 0.1) is 5.82 Å². The van der Waals surface area contributed by atoms with Crippen LogP contribution in [0.15, 0.2) is 29.1 Å². The van der Waals surface area contributed by atoms with Crippen molar-refractivity contribution in [3.63, 3.8) is 0 Å². The number of rotatable bonds is 1. The lowest BCUT2D eigenvalue weighted by Crippen LogP contribution is -2.16. The summed E-state index contributed by atoms with van der Waals surface area (Å²) in [5.41, 5.74) is 1.48. The van der Waals surface area contributed by atoms with E-state index in [1.807, 2.05) is 0 Å². The molecule has 2 aromatic rings. The van der Waals surface area contributed by atoms with Gasteiger partial charge < -0.3 is 4.57 Å². The molecule has 0 atom stereocenters. The minimum atomic E-state index is -0.289. The minimum absolute atomic E-state index is 0.0800. The highest BCUT2D eigenvalue weighted by Crippen LogP contribution is 2.19. The van der Waals surface area contributed by atoms with Gasteiger partial charge in [-0.2, -0.15) is 0 Å². The lowest BCUT2D eigenvalue weighted by molar-refractivity contribution is 0.629. The zero-order chi connectivity index (χ0) is 11.0. The van der Waals surface area contributed by atoms with Crippen molar-refractivity contribution >= 4 is 26.8 Å². The largest absolute Gasteiger partial charge is 0.311 e. The number of alkyl halides is 1. The Kier molecular flexibility index (Phi) is 2.61. The molecule has 78 valence electrons. The molecular weight excluding hydrogens is 261 g/mol. The average Bonchev–Trinajstić information content (AvgIpc) is 2.23. The highest BCUT2D eigenvalue weighted by Gasteiger charge is 2.06. The molecule has 0 radical (unpaired) electrons. The summed E-state index contributed by atoms with van der Waals surface area (Å²) in [7, 11) is 1.68. The predicted molar refractivity (Wildman–Crippen MR) is 61.8 cm³/mol. The molecule has 2 nitrogen and oxygen atoms in total. The van der Waals surface area contributed by atoms with Crippen LogP contribution < -0.4 is 5.56 Å². The number of aromatic nitrogens is 1. The lowest BCUT2D eigenvalue weighted by atomic mass is 10.1. The van der Waals surface area contributed by atoms with E-state index in [0.29, 0.717) is 5.33 Å². The van der Waals surface area contributed by atoms with E-state index in [0.717, 1.165) is 16.5 Å². The highest BCUT2D eigenvalue weighted by atomic mass is 79.9. The molecule has 0 aliphatic carbocycles. The van der Waals surface area contributed by atoms with Crippen molar-refractivity contribution in [2.75, 3.05) is 0 Å². The van der Waals surface area contributed by atoms with Crippen LogP contribution in [-0.2, 0) is 12.4 Å². The molecule has 1 aromatic heterocycles. The van der Waals surface area contributed by atoms with E-state index in [4.69, 9.17) is 0 Å². The second kappa shape index (κ2) is 3.77. The molecule has 1 heterocycles.